The van der Waals surface area contributed by atoms with Gasteiger partial charge in [0.15, 0.2) is 0 Å². The number of likely N-dealkylation sites (N-methyl/N-ethyl adjacent to an activating group) is 1. The molecule has 0 spiro atoms. The summed E-state index contributed by atoms with van der Waals surface area (Å²) in [5.74, 6) is -0.192. The molecule has 0 saturated heterocycles. The fourth-order valence-corrected chi connectivity index (χ4v) is 3.65. The average Bonchev–Trinajstić information content (AvgIpc) is 2.61. The number of hydrogen-bond donors (Lipinski definition) is 2. The molecule has 8 nitrogen and oxygen atoms in total. The lowest BCUT2D eigenvalue weighted by molar-refractivity contribution is 0.0950. The number of halogens is 1. The van der Waals surface area contributed by atoms with Gasteiger partial charge in [-0.05, 0) is 38.4 Å². The van der Waals surface area contributed by atoms with Crippen LogP contribution in [0.15, 0.2) is 41.6 Å². The molecule has 2 aromatic rings. The molecule has 0 aliphatic heterocycles. The highest BCUT2D eigenvalue weighted by Crippen LogP contribution is 2.28. The number of benzene rings is 1. The van der Waals surface area contributed by atoms with Gasteiger partial charge in [-0.15, -0.1) is 0 Å². The van der Waals surface area contributed by atoms with Gasteiger partial charge in [0.2, 0.25) is 0 Å². The minimum atomic E-state index is -3.99. The summed E-state index contributed by atoms with van der Waals surface area (Å²) in [6, 6.07) is 5.68. The Labute approximate surface area is 163 Å². The number of carbonyl (C=O) groups is 1. The number of sulfonamides is 1. The van der Waals surface area contributed by atoms with Crippen molar-refractivity contribution in [1.82, 2.24) is 15.2 Å². The molecule has 1 heterocycles. The van der Waals surface area contributed by atoms with E-state index in [2.05, 4.69) is 15.0 Å². The van der Waals surface area contributed by atoms with Crippen LogP contribution in [0.3, 0.4) is 0 Å². The minimum Gasteiger partial charge on any atom is -0.495 e. The Balaban J connectivity index is 2.20. The van der Waals surface area contributed by atoms with Gasteiger partial charge in [-0.1, -0.05) is 11.6 Å². The molecule has 1 amide bonds. The summed E-state index contributed by atoms with van der Waals surface area (Å²) < 4.78 is 32.8. The second kappa shape index (κ2) is 9.03. The van der Waals surface area contributed by atoms with Crippen molar-refractivity contribution in [1.29, 1.82) is 0 Å². The average molecular weight is 413 g/mol. The number of carbonyl (C=O) groups excluding carboxylic acids is 1. The summed E-state index contributed by atoms with van der Waals surface area (Å²) >= 11 is 5.90. The number of hydrogen-bond acceptors (Lipinski definition) is 6. The van der Waals surface area contributed by atoms with E-state index < -0.39 is 10.0 Å². The van der Waals surface area contributed by atoms with E-state index in [4.69, 9.17) is 16.3 Å². The Kier molecular flexibility index (Phi) is 7.00. The molecule has 27 heavy (non-hydrogen) atoms. The molecule has 2 rings (SSSR count). The van der Waals surface area contributed by atoms with Gasteiger partial charge < -0.3 is 15.0 Å². The predicted molar refractivity (Wildman–Crippen MR) is 104 cm³/mol. The molecule has 2 N–H and O–H groups in total. The number of methoxy groups -OCH3 is 1. The predicted octanol–water partition coefficient (Wildman–Crippen LogP) is 1.84. The van der Waals surface area contributed by atoms with E-state index in [9.17, 15) is 13.2 Å². The number of amides is 1. The van der Waals surface area contributed by atoms with Crippen LogP contribution in [0.5, 0.6) is 5.75 Å². The van der Waals surface area contributed by atoms with E-state index in [1.165, 1.54) is 43.8 Å². The van der Waals surface area contributed by atoms with Crippen LogP contribution in [0.25, 0.3) is 0 Å². The van der Waals surface area contributed by atoms with Gasteiger partial charge in [-0.3, -0.25) is 14.5 Å². The molecule has 0 fully saturated rings. The molecule has 10 heteroatoms. The quantitative estimate of drug-likeness (QED) is 0.686. The molecule has 0 aliphatic rings. The number of aromatic nitrogens is 1. The van der Waals surface area contributed by atoms with Crippen molar-refractivity contribution in [3.8, 4) is 5.75 Å². The summed E-state index contributed by atoms with van der Waals surface area (Å²) in [6.07, 6.45) is 2.67. The van der Waals surface area contributed by atoms with Crippen molar-refractivity contribution in [3.05, 3.63) is 47.2 Å². The Morgan fingerprint density at radius 2 is 2.00 bits per heavy atom. The molecule has 0 aliphatic carbocycles. The van der Waals surface area contributed by atoms with Crippen LogP contribution in [0.4, 0.5) is 5.69 Å². The van der Waals surface area contributed by atoms with Crippen LogP contribution in [0.1, 0.15) is 10.4 Å². The Bertz CT molecular complexity index is 919. The Morgan fingerprint density at radius 3 is 2.67 bits per heavy atom. The highest BCUT2D eigenvalue weighted by Gasteiger charge is 2.21. The first-order valence-electron chi connectivity index (χ1n) is 7.97. The number of anilines is 1. The minimum absolute atomic E-state index is 0.113. The highest BCUT2D eigenvalue weighted by atomic mass is 35.5. The lowest BCUT2D eigenvalue weighted by Gasteiger charge is -2.13. The molecule has 1 aromatic carbocycles. The van der Waals surface area contributed by atoms with Gasteiger partial charge in [-0.2, -0.15) is 0 Å². The summed E-state index contributed by atoms with van der Waals surface area (Å²) in [7, 11) is 1.17. The SMILES string of the molecule is COc1ccc(Cl)cc1S(=O)(=O)Nc1cncc(C(=O)NCCN(C)C)c1. The van der Waals surface area contributed by atoms with E-state index in [0.717, 1.165) is 0 Å². The van der Waals surface area contributed by atoms with Gasteiger partial charge in [0.05, 0.1) is 24.6 Å². The van der Waals surface area contributed by atoms with E-state index in [1.807, 2.05) is 19.0 Å². The van der Waals surface area contributed by atoms with Gasteiger partial charge in [0.25, 0.3) is 15.9 Å². The van der Waals surface area contributed by atoms with E-state index in [-0.39, 0.29) is 32.8 Å². The number of rotatable bonds is 8. The van der Waals surface area contributed by atoms with Crippen LogP contribution in [-0.2, 0) is 10.0 Å². The van der Waals surface area contributed by atoms with Crippen molar-refractivity contribution in [3.63, 3.8) is 0 Å². The lowest BCUT2D eigenvalue weighted by Crippen LogP contribution is -2.31. The third-order valence-electron chi connectivity index (χ3n) is 3.51. The maximum absolute atomic E-state index is 12.7. The first-order chi connectivity index (χ1) is 12.7. The molecule has 1 aromatic heterocycles. The molecule has 0 unspecified atom stereocenters. The topological polar surface area (TPSA) is 101 Å². The van der Waals surface area contributed by atoms with E-state index in [1.54, 1.807) is 0 Å². The van der Waals surface area contributed by atoms with Crippen LogP contribution >= 0.6 is 11.6 Å². The molecule has 0 atom stereocenters. The second-order valence-electron chi connectivity index (χ2n) is 5.92. The normalized spacial score (nSPS) is 11.3. The molecule has 146 valence electrons. The molecule has 0 bridgehead atoms. The zero-order valence-electron chi connectivity index (χ0n) is 15.2. The summed E-state index contributed by atoms with van der Waals surface area (Å²) in [6.45, 7) is 1.14. The third-order valence-corrected chi connectivity index (χ3v) is 5.15. The fourth-order valence-electron chi connectivity index (χ4n) is 2.19. The number of ether oxygens (including phenoxy) is 1. The van der Waals surface area contributed by atoms with Crippen molar-refractivity contribution in [2.24, 2.45) is 0 Å². The fraction of sp³-hybridized carbons (Fsp3) is 0.294. The van der Waals surface area contributed by atoms with Crippen LogP contribution in [-0.4, -0.2) is 58.5 Å². The zero-order valence-corrected chi connectivity index (χ0v) is 16.8. The summed E-state index contributed by atoms with van der Waals surface area (Å²) in [5.41, 5.74) is 0.393. The monoisotopic (exact) mass is 412 g/mol. The summed E-state index contributed by atoms with van der Waals surface area (Å²) in [4.78, 5) is 17.9. The summed E-state index contributed by atoms with van der Waals surface area (Å²) in [5, 5.41) is 3.00. The van der Waals surface area contributed by atoms with Gasteiger partial charge in [0.1, 0.15) is 10.6 Å². The van der Waals surface area contributed by atoms with Gasteiger partial charge >= 0.3 is 0 Å². The van der Waals surface area contributed by atoms with Crippen molar-refractivity contribution >= 4 is 33.2 Å². The van der Waals surface area contributed by atoms with Crippen molar-refractivity contribution in [2.75, 3.05) is 39.0 Å². The van der Waals surface area contributed by atoms with E-state index >= 15 is 0 Å². The first kappa shape index (κ1) is 20.9. The standard InChI is InChI=1S/C17H21ClN4O4S/c1-22(2)7-6-20-17(23)12-8-14(11-19-10-12)21-27(24,25)16-9-13(18)4-5-15(16)26-3/h4-5,8-11,21H,6-7H2,1-3H3,(H,20,23). The first-order valence-corrected chi connectivity index (χ1v) is 9.83. The highest BCUT2D eigenvalue weighted by molar-refractivity contribution is 7.92. The van der Waals surface area contributed by atoms with Gasteiger partial charge in [0, 0.05) is 24.3 Å². The van der Waals surface area contributed by atoms with E-state index in [0.29, 0.717) is 13.1 Å². The molecule has 0 saturated carbocycles. The molecular formula is C17H21ClN4O4S. The van der Waals surface area contributed by atoms with Gasteiger partial charge in [-0.25, -0.2) is 8.42 Å². The Morgan fingerprint density at radius 1 is 1.26 bits per heavy atom. The maximum atomic E-state index is 12.7. The largest absolute Gasteiger partial charge is 0.495 e. The van der Waals surface area contributed by atoms with Crippen molar-refractivity contribution in [2.45, 2.75) is 4.90 Å². The van der Waals surface area contributed by atoms with Crippen molar-refractivity contribution < 1.29 is 17.9 Å². The molecular weight excluding hydrogens is 392 g/mol. The van der Waals surface area contributed by atoms with Crippen LogP contribution in [0, 0.1) is 0 Å². The number of nitrogens with one attached hydrogen (secondary N) is 2. The molecule has 0 radical (unpaired) electrons. The smallest absolute Gasteiger partial charge is 0.265 e. The Hall–Kier alpha value is -2.36. The van der Waals surface area contributed by atoms with Crippen LogP contribution in [0.2, 0.25) is 5.02 Å². The lowest BCUT2D eigenvalue weighted by atomic mass is 10.2. The van der Waals surface area contributed by atoms with Crippen LogP contribution < -0.4 is 14.8 Å². The zero-order chi connectivity index (χ0) is 20.0. The number of pyridine rings is 1. The maximum Gasteiger partial charge on any atom is 0.265 e. The number of nitrogens with zero attached hydrogens (tertiary/aromatic N) is 2. The second-order valence-corrected chi connectivity index (χ2v) is 8.01. The third kappa shape index (κ3) is 5.81.